The van der Waals surface area contributed by atoms with Crippen LogP contribution in [0.1, 0.15) is 54.9 Å². The van der Waals surface area contributed by atoms with Gasteiger partial charge in [-0.3, -0.25) is 9.58 Å². The van der Waals surface area contributed by atoms with Crippen molar-refractivity contribution in [1.82, 2.24) is 19.7 Å². The fourth-order valence-electron chi connectivity index (χ4n) is 3.08. The first-order valence-corrected chi connectivity index (χ1v) is 8.80. The Balaban J connectivity index is 1.64. The molecule has 0 N–H and O–H groups in total. The maximum Gasteiger partial charge on any atom is 0.0928 e. The Morgan fingerprint density at radius 1 is 1.43 bits per heavy atom. The van der Waals surface area contributed by atoms with Crippen LogP contribution in [0.4, 0.5) is 0 Å². The Hall–Kier alpha value is -1.20. The highest BCUT2D eigenvalue weighted by Crippen LogP contribution is 2.32. The van der Waals surface area contributed by atoms with Crippen molar-refractivity contribution in [3.63, 3.8) is 0 Å². The van der Waals surface area contributed by atoms with E-state index in [0.29, 0.717) is 6.04 Å². The molecule has 1 fully saturated rings. The molecule has 1 aliphatic rings. The van der Waals surface area contributed by atoms with Gasteiger partial charge in [-0.2, -0.15) is 5.10 Å². The van der Waals surface area contributed by atoms with Gasteiger partial charge in [0.05, 0.1) is 16.9 Å². The number of hydrogen-bond donors (Lipinski definition) is 0. The summed E-state index contributed by atoms with van der Waals surface area (Å²) in [5.74, 6) is 0. The van der Waals surface area contributed by atoms with E-state index in [1.54, 1.807) is 0 Å². The Kier molecular flexibility index (Phi) is 4.70. The lowest BCUT2D eigenvalue weighted by Crippen LogP contribution is -2.22. The fourth-order valence-corrected chi connectivity index (χ4v) is 3.91. The normalized spacial score (nSPS) is 19.4. The first-order valence-electron chi connectivity index (χ1n) is 7.92. The van der Waals surface area contributed by atoms with Crippen LogP contribution in [0, 0.1) is 0 Å². The molecule has 0 radical (unpaired) electrons. The smallest absolute Gasteiger partial charge is 0.0928 e. The first-order chi connectivity index (χ1) is 10.3. The predicted molar refractivity (Wildman–Crippen MR) is 86.3 cm³/mol. The Morgan fingerprint density at radius 2 is 2.33 bits per heavy atom. The molecule has 0 amide bonds. The molecule has 0 aromatic carbocycles. The van der Waals surface area contributed by atoms with Crippen LogP contribution in [0.5, 0.6) is 0 Å². The highest BCUT2D eigenvalue weighted by Gasteiger charge is 2.27. The van der Waals surface area contributed by atoms with Crippen LogP contribution in [0.25, 0.3) is 0 Å². The number of aryl methyl sites for hydroxylation is 2. The van der Waals surface area contributed by atoms with Gasteiger partial charge in [-0.25, -0.2) is 4.98 Å². The minimum Gasteiger partial charge on any atom is -0.290 e. The van der Waals surface area contributed by atoms with E-state index in [1.807, 2.05) is 29.3 Å². The Bertz CT molecular complexity index is 574. The molecule has 21 heavy (non-hydrogen) atoms. The monoisotopic (exact) mass is 304 g/mol. The maximum atomic E-state index is 4.80. The number of thiazole rings is 1. The summed E-state index contributed by atoms with van der Waals surface area (Å²) in [5, 5.41) is 7.85. The van der Waals surface area contributed by atoms with Gasteiger partial charge in [-0.05, 0) is 32.2 Å². The topological polar surface area (TPSA) is 34.0 Å². The van der Waals surface area contributed by atoms with Gasteiger partial charge in [-0.1, -0.05) is 13.3 Å². The maximum absolute atomic E-state index is 4.80. The van der Waals surface area contributed by atoms with Crippen molar-refractivity contribution >= 4 is 11.3 Å². The van der Waals surface area contributed by atoms with Gasteiger partial charge in [-0.15, -0.1) is 11.3 Å². The molecule has 114 valence electrons. The SMILES string of the molecule is CCCCc1nc(CN2CCC[C@H]2c2cnn(C)c2)cs1. The van der Waals surface area contributed by atoms with E-state index >= 15 is 0 Å². The first kappa shape index (κ1) is 14.7. The highest BCUT2D eigenvalue weighted by molar-refractivity contribution is 7.09. The molecule has 1 atom stereocenters. The van der Waals surface area contributed by atoms with E-state index in [9.17, 15) is 0 Å². The van der Waals surface area contributed by atoms with E-state index in [4.69, 9.17) is 4.98 Å². The lowest BCUT2D eigenvalue weighted by molar-refractivity contribution is 0.246. The van der Waals surface area contributed by atoms with Gasteiger partial charge in [0.1, 0.15) is 0 Å². The average Bonchev–Trinajstić information content (AvgIpc) is 3.18. The molecule has 1 aliphatic heterocycles. The zero-order valence-corrected chi connectivity index (χ0v) is 13.8. The Labute approximate surface area is 130 Å². The van der Waals surface area contributed by atoms with Crippen LogP contribution in [-0.2, 0) is 20.0 Å². The molecule has 3 rings (SSSR count). The molecule has 0 saturated carbocycles. The second-order valence-corrected chi connectivity index (χ2v) is 6.85. The molecular weight excluding hydrogens is 280 g/mol. The largest absolute Gasteiger partial charge is 0.290 e. The van der Waals surface area contributed by atoms with Gasteiger partial charge < -0.3 is 0 Å². The number of aromatic nitrogens is 3. The molecule has 0 spiro atoms. The number of hydrogen-bond acceptors (Lipinski definition) is 4. The van der Waals surface area contributed by atoms with Gasteiger partial charge in [0, 0.05) is 36.8 Å². The van der Waals surface area contributed by atoms with Crippen molar-refractivity contribution in [1.29, 1.82) is 0 Å². The van der Waals surface area contributed by atoms with Crippen LogP contribution < -0.4 is 0 Å². The van der Waals surface area contributed by atoms with Gasteiger partial charge >= 0.3 is 0 Å². The summed E-state index contributed by atoms with van der Waals surface area (Å²) in [6.07, 6.45) is 10.3. The summed E-state index contributed by atoms with van der Waals surface area (Å²) >= 11 is 1.82. The minimum absolute atomic E-state index is 0.513. The van der Waals surface area contributed by atoms with Crippen molar-refractivity contribution in [3.05, 3.63) is 34.0 Å². The molecule has 0 unspecified atom stereocenters. The van der Waals surface area contributed by atoms with Crippen molar-refractivity contribution < 1.29 is 0 Å². The number of nitrogens with zero attached hydrogens (tertiary/aromatic N) is 4. The van der Waals surface area contributed by atoms with Crippen LogP contribution in [0.15, 0.2) is 17.8 Å². The second-order valence-electron chi connectivity index (χ2n) is 5.91. The third-order valence-electron chi connectivity index (χ3n) is 4.18. The van der Waals surface area contributed by atoms with E-state index in [1.165, 1.54) is 48.5 Å². The number of rotatable bonds is 6. The summed E-state index contributed by atoms with van der Waals surface area (Å²) < 4.78 is 1.90. The minimum atomic E-state index is 0.513. The molecule has 0 aliphatic carbocycles. The van der Waals surface area contributed by atoms with Crippen molar-refractivity contribution in [2.45, 2.75) is 51.6 Å². The molecular formula is C16H24N4S. The molecule has 4 nitrogen and oxygen atoms in total. The molecule has 2 aromatic heterocycles. The van der Waals surface area contributed by atoms with E-state index in [-0.39, 0.29) is 0 Å². The summed E-state index contributed by atoms with van der Waals surface area (Å²) in [5.41, 5.74) is 2.58. The zero-order chi connectivity index (χ0) is 14.7. The van der Waals surface area contributed by atoms with Gasteiger partial charge in [0.2, 0.25) is 0 Å². The Morgan fingerprint density at radius 3 is 3.10 bits per heavy atom. The molecule has 3 heterocycles. The van der Waals surface area contributed by atoms with Crippen LogP contribution in [0.2, 0.25) is 0 Å². The lowest BCUT2D eigenvalue weighted by atomic mass is 10.1. The fraction of sp³-hybridized carbons (Fsp3) is 0.625. The van der Waals surface area contributed by atoms with Crippen LogP contribution in [0.3, 0.4) is 0 Å². The third-order valence-corrected chi connectivity index (χ3v) is 5.14. The van der Waals surface area contributed by atoms with E-state index in [2.05, 4.69) is 28.5 Å². The van der Waals surface area contributed by atoms with E-state index < -0.39 is 0 Å². The van der Waals surface area contributed by atoms with Crippen LogP contribution in [-0.4, -0.2) is 26.2 Å². The second kappa shape index (κ2) is 6.71. The summed E-state index contributed by atoms with van der Waals surface area (Å²) in [6, 6.07) is 0.513. The highest BCUT2D eigenvalue weighted by atomic mass is 32.1. The van der Waals surface area contributed by atoms with Crippen molar-refractivity contribution in [2.24, 2.45) is 7.05 Å². The third kappa shape index (κ3) is 3.52. The van der Waals surface area contributed by atoms with Gasteiger partial charge in [0.25, 0.3) is 0 Å². The van der Waals surface area contributed by atoms with Crippen molar-refractivity contribution in [3.8, 4) is 0 Å². The van der Waals surface area contributed by atoms with Crippen molar-refractivity contribution in [2.75, 3.05) is 6.54 Å². The van der Waals surface area contributed by atoms with E-state index in [0.717, 1.165) is 13.0 Å². The van der Waals surface area contributed by atoms with Gasteiger partial charge in [0.15, 0.2) is 0 Å². The molecule has 0 bridgehead atoms. The standard InChI is InChI=1S/C16H24N4S/c1-3-4-7-16-18-14(12-21-16)11-20-8-5-6-15(20)13-9-17-19(2)10-13/h9-10,12,15H,3-8,11H2,1-2H3/t15-/m0/s1. The zero-order valence-electron chi connectivity index (χ0n) is 13.0. The summed E-state index contributed by atoms with van der Waals surface area (Å²) in [6.45, 7) is 4.38. The van der Waals surface area contributed by atoms with Crippen LogP contribution >= 0.6 is 11.3 Å². The quantitative estimate of drug-likeness (QED) is 0.818. The predicted octanol–water partition coefficient (Wildman–Crippen LogP) is 3.56. The average molecular weight is 304 g/mol. The number of likely N-dealkylation sites (tertiary alicyclic amines) is 1. The molecule has 5 heteroatoms. The molecule has 1 saturated heterocycles. The summed E-state index contributed by atoms with van der Waals surface area (Å²) in [4.78, 5) is 7.35. The molecule has 2 aromatic rings. The summed E-state index contributed by atoms with van der Waals surface area (Å²) in [7, 11) is 1.99. The number of unbranched alkanes of at least 4 members (excludes halogenated alkanes) is 1. The lowest BCUT2D eigenvalue weighted by Gasteiger charge is -2.22.